The van der Waals surface area contributed by atoms with Crippen LogP contribution in [-0.4, -0.2) is 37.9 Å². The molecule has 1 amide bonds. The maximum absolute atomic E-state index is 13.2. The molecule has 0 fully saturated rings. The van der Waals surface area contributed by atoms with E-state index in [0.29, 0.717) is 22.7 Å². The topological polar surface area (TPSA) is 89.8 Å². The van der Waals surface area contributed by atoms with Crippen LogP contribution in [0.15, 0.2) is 85.2 Å². The summed E-state index contributed by atoms with van der Waals surface area (Å²) in [6.45, 7) is 2.00. The molecule has 3 aromatic carbocycles. The minimum atomic E-state index is -0.672. The number of aryl methyl sites for hydroxylation is 1. The van der Waals surface area contributed by atoms with Crippen molar-refractivity contribution in [3.63, 3.8) is 0 Å². The summed E-state index contributed by atoms with van der Waals surface area (Å²) in [7, 11) is 0. The molecule has 7 nitrogen and oxygen atoms in total. The Labute approximate surface area is 208 Å². The Morgan fingerprint density at radius 2 is 1.80 bits per heavy atom. The predicted molar refractivity (Wildman–Crippen MR) is 135 cm³/mol. The second-order valence-corrected chi connectivity index (χ2v) is 8.61. The van der Waals surface area contributed by atoms with Crippen LogP contribution in [0.5, 0.6) is 0 Å². The van der Waals surface area contributed by atoms with Crippen LogP contribution in [0.4, 0.5) is 0 Å². The molecule has 0 aliphatic carbocycles. The molecule has 0 aliphatic heterocycles. The summed E-state index contributed by atoms with van der Waals surface area (Å²) in [5.41, 5.74) is 4.33. The summed E-state index contributed by atoms with van der Waals surface area (Å²) in [5, 5.41) is 14.6. The number of carbonyl (C=O) groups is 2. The number of nitrogens with one attached hydrogen (secondary N) is 1. The number of benzene rings is 3. The van der Waals surface area contributed by atoms with Crippen LogP contribution < -0.4 is 5.32 Å². The third kappa shape index (κ3) is 6.71. The van der Waals surface area contributed by atoms with E-state index in [2.05, 4.69) is 20.8 Å². The molecule has 4 rings (SSSR count). The standard InChI is InChI=1S/C27H24ClN5O2/c1-19-7-9-21(10-8-19)16-26(34)24(15-20-5-3-2-4-6-20)30-27(35)14-11-22-17-23(28)12-13-25(22)33-18-29-31-32-33/h2-14,17-18,24H,15-16H2,1H3,(H,30,35)/b14-11+/t24-/m1/s1. The Morgan fingerprint density at radius 3 is 2.51 bits per heavy atom. The molecule has 1 aromatic heterocycles. The first-order valence-corrected chi connectivity index (χ1v) is 11.5. The molecule has 1 atom stereocenters. The number of amides is 1. The van der Waals surface area contributed by atoms with Crippen LogP contribution in [-0.2, 0) is 22.4 Å². The van der Waals surface area contributed by atoms with E-state index in [9.17, 15) is 9.59 Å². The minimum Gasteiger partial charge on any atom is -0.342 e. The zero-order chi connectivity index (χ0) is 24.6. The molecule has 0 saturated carbocycles. The van der Waals surface area contributed by atoms with Crippen molar-refractivity contribution in [3.8, 4) is 5.69 Å². The number of aromatic nitrogens is 4. The van der Waals surface area contributed by atoms with Crippen LogP contribution >= 0.6 is 11.6 Å². The Kier molecular flexibility index (Phi) is 7.80. The number of rotatable bonds is 9. The van der Waals surface area contributed by atoms with Crippen LogP contribution in [0, 0.1) is 6.92 Å². The van der Waals surface area contributed by atoms with Gasteiger partial charge in [0.05, 0.1) is 11.7 Å². The molecule has 4 aromatic rings. The van der Waals surface area contributed by atoms with Gasteiger partial charge in [-0.3, -0.25) is 9.59 Å². The molecular weight excluding hydrogens is 462 g/mol. The van der Waals surface area contributed by atoms with E-state index in [4.69, 9.17) is 11.6 Å². The Hall–Kier alpha value is -4.10. The first-order chi connectivity index (χ1) is 17.0. The normalized spacial score (nSPS) is 11.9. The number of halogens is 1. The van der Waals surface area contributed by atoms with Crippen LogP contribution in [0.3, 0.4) is 0 Å². The van der Waals surface area contributed by atoms with Crippen molar-refractivity contribution >= 4 is 29.4 Å². The maximum atomic E-state index is 13.2. The van der Waals surface area contributed by atoms with E-state index in [1.165, 1.54) is 17.1 Å². The lowest BCUT2D eigenvalue weighted by molar-refractivity contribution is -0.125. The average molecular weight is 486 g/mol. The van der Waals surface area contributed by atoms with Gasteiger partial charge in [0, 0.05) is 23.1 Å². The highest BCUT2D eigenvalue weighted by atomic mass is 35.5. The van der Waals surface area contributed by atoms with Gasteiger partial charge in [-0.05, 0) is 59.2 Å². The highest BCUT2D eigenvalue weighted by Gasteiger charge is 2.21. The van der Waals surface area contributed by atoms with Crippen molar-refractivity contribution in [1.29, 1.82) is 0 Å². The molecule has 176 valence electrons. The van der Waals surface area contributed by atoms with Crippen molar-refractivity contribution < 1.29 is 9.59 Å². The lowest BCUT2D eigenvalue weighted by Crippen LogP contribution is -2.42. The molecule has 1 heterocycles. The number of hydrogen-bond acceptors (Lipinski definition) is 5. The van der Waals surface area contributed by atoms with E-state index < -0.39 is 6.04 Å². The largest absolute Gasteiger partial charge is 0.342 e. The van der Waals surface area contributed by atoms with Crippen LogP contribution in [0.2, 0.25) is 5.02 Å². The molecule has 0 unspecified atom stereocenters. The van der Waals surface area contributed by atoms with Gasteiger partial charge in [0.1, 0.15) is 6.33 Å². The van der Waals surface area contributed by atoms with Crippen molar-refractivity contribution in [1.82, 2.24) is 25.5 Å². The maximum Gasteiger partial charge on any atom is 0.244 e. The molecule has 35 heavy (non-hydrogen) atoms. The molecule has 0 aliphatic rings. The quantitative estimate of drug-likeness (QED) is 0.359. The number of Topliss-reactive ketones (excluding diaryl/α,β-unsaturated/α-hetero) is 1. The number of nitrogens with zero attached hydrogens (tertiary/aromatic N) is 4. The van der Waals surface area contributed by atoms with Gasteiger partial charge in [-0.15, -0.1) is 5.10 Å². The Balaban J connectivity index is 1.52. The van der Waals surface area contributed by atoms with Crippen molar-refractivity contribution in [3.05, 3.63) is 112 Å². The summed E-state index contributed by atoms with van der Waals surface area (Å²) < 4.78 is 1.48. The second-order valence-electron chi connectivity index (χ2n) is 8.17. The fourth-order valence-corrected chi connectivity index (χ4v) is 3.83. The van der Waals surface area contributed by atoms with Crippen LogP contribution in [0.1, 0.15) is 22.3 Å². The highest BCUT2D eigenvalue weighted by molar-refractivity contribution is 6.30. The second kappa shape index (κ2) is 11.4. The molecule has 0 bridgehead atoms. The lowest BCUT2D eigenvalue weighted by Gasteiger charge is -2.17. The summed E-state index contributed by atoms with van der Waals surface area (Å²) in [5.74, 6) is -0.442. The third-order valence-corrected chi connectivity index (χ3v) is 5.72. The monoisotopic (exact) mass is 485 g/mol. The first-order valence-electron chi connectivity index (χ1n) is 11.1. The number of hydrogen-bond donors (Lipinski definition) is 1. The van der Waals surface area contributed by atoms with E-state index >= 15 is 0 Å². The number of carbonyl (C=O) groups excluding carboxylic acids is 2. The smallest absolute Gasteiger partial charge is 0.244 e. The Morgan fingerprint density at radius 1 is 1.03 bits per heavy atom. The van der Waals surface area contributed by atoms with E-state index in [1.807, 2.05) is 61.5 Å². The van der Waals surface area contributed by atoms with Gasteiger partial charge in [-0.25, -0.2) is 0 Å². The highest BCUT2D eigenvalue weighted by Crippen LogP contribution is 2.20. The molecule has 8 heteroatoms. The van der Waals surface area contributed by atoms with Gasteiger partial charge in [0.15, 0.2) is 5.78 Å². The van der Waals surface area contributed by atoms with Gasteiger partial charge in [-0.2, -0.15) is 4.68 Å². The third-order valence-electron chi connectivity index (χ3n) is 5.49. The fourth-order valence-electron chi connectivity index (χ4n) is 3.65. The van der Waals surface area contributed by atoms with Crippen molar-refractivity contribution in [2.75, 3.05) is 0 Å². The number of tetrazole rings is 1. The van der Waals surface area contributed by atoms with Gasteiger partial charge >= 0.3 is 0 Å². The van der Waals surface area contributed by atoms with E-state index in [-0.39, 0.29) is 18.1 Å². The molecule has 0 saturated heterocycles. The summed E-state index contributed by atoms with van der Waals surface area (Å²) in [4.78, 5) is 26.1. The fraction of sp³-hybridized carbons (Fsp3) is 0.148. The van der Waals surface area contributed by atoms with Gasteiger partial charge in [-0.1, -0.05) is 71.8 Å². The van der Waals surface area contributed by atoms with E-state index in [1.54, 1.807) is 24.3 Å². The van der Waals surface area contributed by atoms with Gasteiger partial charge < -0.3 is 5.32 Å². The van der Waals surface area contributed by atoms with Crippen molar-refractivity contribution in [2.45, 2.75) is 25.8 Å². The summed E-state index contributed by atoms with van der Waals surface area (Å²) >= 11 is 6.16. The first kappa shape index (κ1) is 24.0. The zero-order valence-corrected chi connectivity index (χ0v) is 19.9. The van der Waals surface area contributed by atoms with Gasteiger partial charge in [0.2, 0.25) is 5.91 Å². The SMILES string of the molecule is Cc1ccc(CC(=O)[C@@H](Cc2ccccc2)NC(=O)/C=C/c2cc(Cl)ccc2-n2cnnn2)cc1. The molecule has 1 N–H and O–H groups in total. The number of ketones is 1. The van der Waals surface area contributed by atoms with Crippen LogP contribution in [0.25, 0.3) is 11.8 Å². The summed E-state index contributed by atoms with van der Waals surface area (Å²) in [6, 6.07) is 22.0. The van der Waals surface area contributed by atoms with Gasteiger partial charge in [0.25, 0.3) is 0 Å². The lowest BCUT2D eigenvalue weighted by atomic mass is 9.97. The zero-order valence-electron chi connectivity index (χ0n) is 19.1. The minimum absolute atomic E-state index is 0.0587. The molecular formula is C27H24ClN5O2. The van der Waals surface area contributed by atoms with E-state index in [0.717, 1.165) is 16.7 Å². The molecule has 0 spiro atoms. The van der Waals surface area contributed by atoms with Crippen molar-refractivity contribution in [2.24, 2.45) is 0 Å². The average Bonchev–Trinajstić information content (AvgIpc) is 3.39. The molecule has 0 radical (unpaired) electrons. The predicted octanol–water partition coefficient (Wildman–Crippen LogP) is 4.18. The Bertz CT molecular complexity index is 1320. The summed E-state index contributed by atoms with van der Waals surface area (Å²) in [6.07, 6.45) is 5.11.